The number of para-hydroxylation sites is 1. The molecular formula is C23H23N5. The molecule has 5 rings (SSSR count). The molecule has 0 bridgehead atoms. The van der Waals surface area contributed by atoms with E-state index in [1.807, 2.05) is 42.8 Å². The molecule has 0 saturated carbocycles. The average molecular weight is 369 g/mol. The van der Waals surface area contributed by atoms with Crippen LogP contribution in [0.2, 0.25) is 0 Å². The number of aryl methyl sites for hydroxylation is 3. The van der Waals surface area contributed by atoms with Crippen LogP contribution >= 0.6 is 0 Å². The molecular weight excluding hydrogens is 346 g/mol. The maximum Gasteiger partial charge on any atom is 0.253 e. The molecule has 1 atom stereocenters. The summed E-state index contributed by atoms with van der Waals surface area (Å²) >= 11 is 0. The fraction of sp³-hybridized carbons (Fsp3) is 0.261. The number of nitrogens with zero attached hydrogens (tertiary/aromatic N) is 4. The van der Waals surface area contributed by atoms with Crippen LogP contribution in [-0.4, -0.2) is 19.7 Å². The van der Waals surface area contributed by atoms with E-state index in [0.29, 0.717) is 5.95 Å². The Bertz CT molecular complexity index is 1160. The van der Waals surface area contributed by atoms with Gasteiger partial charge in [0.25, 0.3) is 5.95 Å². The van der Waals surface area contributed by atoms with E-state index in [0.717, 1.165) is 41.0 Å². The smallest absolute Gasteiger partial charge is 0.253 e. The summed E-state index contributed by atoms with van der Waals surface area (Å²) in [6, 6.07) is 19.2. The lowest BCUT2D eigenvalue weighted by Crippen LogP contribution is -2.19. The number of fused-ring (bicyclic) bond motifs is 2. The molecule has 1 aliphatic rings. The fourth-order valence-electron chi connectivity index (χ4n) is 4.17. The second-order valence-electron chi connectivity index (χ2n) is 7.52. The molecule has 2 aromatic carbocycles. The van der Waals surface area contributed by atoms with Crippen LogP contribution in [0.1, 0.15) is 41.4 Å². The van der Waals surface area contributed by atoms with Gasteiger partial charge in [0, 0.05) is 11.1 Å². The molecule has 4 aromatic rings. The molecule has 1 aliphatic carbocycles. The lowest BCUT2D eigenvalue weighted by atomic mass is 9.88. The average Bonchev–Trinajstić information content (AvgIpc) is 3.06. The third-order valence-corrected chi connectivity index (χ3v) is 5.47. The van der Waals surface area contributed by atoms with Crippen LogP contribution in [0.4, 0.5) is 5.82 Å². The summed E-state index contributed by atoms with van der Waals surface area (Å²) in [6.45, 7) is 4.02. The van der Waals surface area contributed by atoms with Crippen molar-refractivity contribution in [3.8, 4) is 5.95 Å². The minimum absolute atomic E-state index is 0.261. The molecule has 0 aliphatic heterocycles. The van der Waals surface area contributed by atoms with Gasteiger partial charge in [-0.05, 0) is 62.4 Å². The molecule has 2 aromatic heterocycles. The monoisotopic (exact) mass is 369 g/mol. The Labute approximate surface area is 164 Å². The lowest BCUT2D eigenvalue weighted by molar-refractivity contribution is 0.598. The first-order valence-electron chi connectivity index (χ1n) is 9.84. The third kappa shape index (κ3) is 2.93. The van der Waals surface area contributed by atoms with Crippen LogP contribution in [-0.2, 0) is 6.42 Å². The van der Waals surface area contributed by atoms with Gasteiger partial charge in [-0.1, -0.05) is 36.4 Å². The molecule has 0 saturated heterocycles. The Hall–Kier alpha value is -3.21. The van der Waals surface area contributed by atoms with Crippen LogP contribution < -0.4 is 5.32 Å². The highest BCUT2D eigenvalue weighted by molar-refractivity contribution is 5.89. The summed E-state index contributed by atoms with van der Waals surface area (Å²) in [5.74, 6) is 1.48. The molecule has 0 unspecified atom stereocenters. The van der Waals surface area contributed by atoms with Crippen molar-refractivity contribution >= 4 is 16.7 Å². The maximum atomic E-state index is 4.89. The van der Waals surface area contributed by atoms with Gasteiger partial charge in [0.15, 0.2) is 0 Å². The first-order chi connectivity index (χ1) is 13.7. The Morgan fingerprint density at radius 3 is 2.68 bits per heavy atom. The first-order valence-corrected chi connectivity index (χ1v) is 9.84. The minimum Gasteiger partial charge on any atom is -0.363 e. The fourth-order valence-corrected chi connectivity index (χ4v) is 4.17. The summed E-state index contributed by atoms with van der Waals surface area (Å²) in [7, 11) is 0. The SMILES string of the molecule is Cc1cc(C)n(-c2nc(N[C@@H]3CCCc4ccccc43)c3ccccc3n2)n1. The number of aromatic nitrogens is 4. The van der Waals surface area contributed by atoms with E-state index < -0.39 is 0 Å². The van der Waals surface area contributed by atoms with Crippen molar-refractivity contribution in [1.29, 1.82) is 0 Å². The summed E-state index contributed by atoms with van der Waals surface area (Å²) in [6.07, 6.45) is 3.43. The zero-order chi connectivity index (χ0) is 19.1. The van der Waals surface area contributed by atoms with E-state index in [-0.39, 0.29) is 6.04 Å². The van der Waals surface area contributed by atoms with Gasteiger partial charge >= 0.3 is 0 Å². The number of anilines is 1. The Morgan fingerprint density at radius 2 is 1.82 bits per heavy atom. The number of benzene rings is 2. The zero-order valence-electron chi connectivity index (χ0n) is 16.2. The molecule has 28 heavy (non-hydrogen) atoms. The van der Waals surface area contributed by atoms with Crippen LogP contribution in [0.25, 0.3) is 16.9 Å². The summed E-state index contributed by atoms with van der Waals surface area (Å²) in [5.41, 5.74) is 5.73. The van der Waals surface area contributed by atoms with Crippen LogP contribution in [0.15, 0.2) is 54.6 Å². The van der Waals surface area contributed by atoms with Gasteiger partial charge in [-0.15, -0.1) is 0 Å². The Balaban J connectivity index is 1.62. The first kappa shape index (κ1) is 16.9. The van der Waals surface area contributed by atoms with Crippen molar-refractivity contribution in [2.75, 3.05) is 5.32 Å². The quantitative estimate of drug-likeness (QED) is 0.557. The highest BCUT2D eigenvalue weighted by Gasteiger charge is 2.21. The minimum atomic E-state index is 0.261. The van der Waals surface area contributed by atoms with E-state index in [4.69, 9.17) is 9.97 Å². The molecule has 2 heterocycles. The second-order valence-corrected chi connectivity index (χ2v) is 7.52. The topological polar surface area (TPSA) is 55.6 Å². The van der Waals surface area contributed by atoms with E-state index >= 15 is 0 Å². The van der Waals surface area contributed by atoms with Crippen LogP contribution in [0.3, 0.4) is 0 Å². The Kier molecular flexibility index (Phi) is 4.08. The van der Waals surface area contributed by atoms with Gasteiger partial charge in [0.1, 0.15) is 5.82 Å². The number of rotatable bonds is 3. The van der Waals surface area contributed by atoms with Crippen molar-refractivity contribution in [2.24, 2.45) is 0 Å². The second kappa shape index (κ2) is 6.75. The zero-order valence-corrected chi connectivity index (χ0v) is 16.2. The lowest BCUT2D eigenvalue weighted by Gasteiger charge is -2.27. The van der Waals surface area contributed by atoms with Gasteiger partial charge in [-0.25, -0.2) is 9.67 Å². The molecule has 0 fully saturated rings. The van der Waals surface area contributed by atoms with Crippen molar-refractivity contribution in [3.63, 3.8) is 0 Å². The van der Waals surface area contributed by atoms with Crippen LogP contribution in [0.5, 0.6) is 0 Å². The van der Waals surface area contributed by atoms with Crippen molar-refractivity contribution in [1.82, 2.24) is 19.7 Å². The van der Waals surface area contributed by atoms with Gasteiger partial charge in [-0.2, -0.15) is 10.1 Å². The molecule has 0 radical (unpaired) electrons. The highest BCUT2D eigenvalue weighted by Crippen LogP contribution is 2.34. The van der Waals surface area contributed by atoms with E-state index in [1.165, 1.54) is 17.5 Å². The van der Waals surface area contributed by atoms with Gasteiger partial charge in [-0.3, -0.25) is 0 Å². The molecule has 1 N–H and O–H groups in total. The molecule has 5 nitrogen and oxygen atoms in total. The van der Waals surface area contributed by atoms with Crippen molar-refractivity contribution in [3.05, 3.63) is 77.1 Å². The van der Waals surface area contributed by atoms with E-state index in [2.05, 4.69) is 40.7 Å². The number of nitrogens with one attached hydrogen (secondary N) is 1. The van der Waals surface area contributed by atoms with Crippen molar-refractivity contribution in [2.45, 2.75) is 39.2 Å². The largest absolute Gasteiger partial charge is 0.363 e. The third-order valence-electron chi connectivity index (χ3n) is 5.47. The summed E-state index contributed by atoms with van der Waals surface area (Å²) in [5, 5.41) is 9.34. The predicted octanol–water partition coefficient (Wildman–Crippen LogP) is 4.92. The van der Waals surface area contributed by atoms with Gasteiger partial charge < -0.3 is 5.32 Å². The highest BCUT2D eigenvalue weighted by atomic mass is 15.4. The summed E-state index contributed by atoms with van der Waals surface area (Å²) in [4.78, 5) is 9.66. The van der Waals surface area contributed by atoms with Gasteiger partial charge in [0.2, 0.25) is 0 Å². The number of hydrogen-bond donors (Lipinski definition) is 1. The Morgan fingerprint density at radius 1 is 1.00 bits per heavy atom. The molecule has 5 heteroatoms. The maximum absolute atomic E-state index is 4.89. The molecule has 0 spiro atoms. The summed E-state index contributed by atoms with van der Waals surface area (Å²) < 4.78 is 1.82. The standard InChI is InChI=1S/C23H23N5/c1-15-14-16(2)28(27-15)23-25-21-12-6-5-11-19(21)22(26-23)24-20-13-7-9-17-8-3-4-10-18(17)20/h3-6,8,10-12,14,20H,7,9,13H2,1-2H3,(H,24,25,26)/t20-/m1/s1. The predicted molar refractivity (Wildman–Crippen MR) is 112 cm³/mol. The van der Waals surface area contributed by atoms with Crippen molar-refractivity contribution < 1.29 is 0 Å². The van der Waals surface area contributed by atoms with Gasteiger partial charge in [0.05, 0.1) is 17.3 Å². The number of hydrogen-bond acceptors (Lipinski definition) is 4. The molecule has 140 valence electrons. The normalized spacial score (nSPS) is 16.1. The van der Waals surface area contributed by atoms with Crippen LogP contribution in [0, 0.1) is 13.8 Å². The molecule has 0 amide bonds. The van der Waals surface area contributed by atoms with E-state index in [9.17, 15) is 0 Å². The van der Waals surface area contributed by atoms with E-state index in [1.54, 1.807) is 0 Å².